The summed E-state index contributed by atoms with van der Waals surface area (Å²) in [5.41, 5.74) is 50.3. The summed E-state index contributed by atoms with van der Waals surface area (Å²) in [7, 11) is 0. The van der Waals surface area contributed by atoms with Crippen LogP contribution < -0.4 is 0 Å². The second-order valence-corrected chi connectivity index (χ2v) is 34.2. The minimum Gasteiger partial charge on any atom is -0.112 e. The minimum atomic E-state index is 0.00901. The third-order valence-corrected chi connectivity index (χ3v) is 34.9. The van der Waals surface area contributed by atoms with Crippen molar-refractivity contribution in [3.05, 3.63) is 140 Å². The van der Waals surface area contributed by atoms with E-state index in [-0.39, 0.29) is 10.2 Å². The van der Waals surface area contributed by atoms with E-state index in [1.54, 1.807) is 5.56 Å². The first kappa shape index (κ1) is 34.0. The van der Waals surface area contributed by atoms with Crippen LogP contribution in [0.2, 0.25) is 0 Å². The van der Waals surface area contributed by atoms with Crippen LogP contribution in [0, 0.1) is 17.8 Å². The van der Waals surface area contributed by atoms with Gasteiger partial charge in [0.25, 0.3) is 0 Å². The second kappa shape index (κ2) is 8.37. The van der Waals surface area contributed by atoms with E-state index in [0.29, 0.717) is 124 Å². The summed E-state index contributed by atoms with van der Waals surface area (Å²) in [5.74, 6) is 14.6. The number of unbranched alkanes of at least 4 members (excludes halogenated alkanes) is 1. The lowest BCUT2D eigenvalue weighted by atomic mass is 9.39. The van der Waals surface area contributed by atoms with Gasteiger partial charge in [-0.2, -0.15) is 0 Å². The standard InChI is InChI=1S/C77H46S/c1-5-7-8-13(6-2)11-14-9-10-15-75(16(14)12(3)4)78-77-73-67-61-51-39-31-23-19-17-18-21-25(23)33(39)43-37-29(21)30-22(18)26-24-20(17)28-27(19)35-41(31)49-55-45(35)46-36(28)42-32(24)40-34(26)44-38(30)48-47(37)59(53(43)61)69(73)70-60(48)54(44)62-52(40)58-50(42)56(46)64-63(55)71(65(67)57(49)51)76(15,77)72(64)66(58)68(62)74(70)77/h9-10,12-13,19,21,23,25,27,29,35,37,45-48,56,60,64,66,68,70,72,74H,5-8,11H2,1-4H3. The van der Waals surface area contributed by atoms with Crippen LogP contribution in [0.5, 0.6) is 0 Å². The van der Waals surface area contributed by atoms with Crippen LogP contribution in [0.25, 0.3) is 97.3 Å². The maximum atomic E-state index is 2.99. The third kappa shape index (κ3) is 2.04. The molecule has 1 fully saturated rings. The van der Waals surface area contributed by atoms with Crippen LogP contribution in [0.3, 0.4) is 0 Å². The van der Waals surface area contributed by atoms with Crippen LogP contribution in [0.15, 0.2) is 17.0 Å². The molecule has 23 atom stereocenters. The number of rotatable bonds is 7. The minimum absolute atomic E-state index is 0.00901. The zero-order chi connectivity index (χ0) is 47.6. The Morgan fingerprint density at radius 3 is 1.21 bits per heavy atom. The largest absolute Gasteiger partial charge is 0.112 e. The van der Waals surface area contributed by atoms with Crippen LogP contribution in [0.4, 0.5) is 0 Å². The molecule has 1 saturated carbocycles. The summed E-state index contributed by atoms with van der Waals surface area (Å²) in [6.07, 6.45) is 6.67. The van der Waals surface area contributed by atoms with Gasteiger partial charge in [-0.15, -0.1) is 11.8 Å². The van der Waals surface area contributed by atoms with Gasteiger partial charge >= 0.3 is 0 Å². The highest BCUT2D eigenvalue weighted by atomic mass is 32.2. The van der Waals surface area contributed by atoms with Crippen LogP contribution in [-0.2, 0) is 16.6 Å². The van der Waals surface area contributed by atoms with Crippen molar-refractivity contribution in [1.82, 2.24) is 0 Å². The van der Waals surface area contributed by atoms with Crippen molar-refractivity contribution in [3.63, 3.8) is 0 Å². The lowest BCUT2D eigenvalue weighted by Crippen LogP contribution is -2.62. The number of hydrogen-bond acceptors (Lipinski definition) is 1. The van der Waals surface area contributed by atoms with Crippen LogP contribution >= 0.6 is 11.8 Å². The van der Waals surface area contributed by atoms with Crippen molar-refractivity contribution in [2.75, 3.05) is 0 Å². The van der Waals surface area contributed by atoms with Crippen molar-refractivity contribution in [1.29, 1.82) is 0 Å². The second-order valence-electron chi connectivity index (χ2n) is 32.9. The van der Waals surface area contributed by atoms with E-state index < -0.39 is 0 Å². The molecule has 11 aromatic carbocycles. The van der Waals surface area contributed by atoms with Gasteiger partial charge in [-0.25, -0.2) is 0 Å². The Kier molecular flexibility index (Phi) is 3.65. The molecule has 2 spiro atoms. The molecule has 34 rings (SSSR count). The van der Waals surface area contributed by atoms with Crippen molar-refractivity contribution in [2.24, 2.45) is 17.8 Å². The predicted molar refractivity (Wildman–Crippen MR) is 308 cm³/mol. The van der Waals surface area contributed by atoms with Crippen molar-refractivity contribution in [3.8, 4) is 11.1 Å². The molecule has 0 N–H and O–H groups in total. The molecule has 0 amide bonds. The molecule has 1 aliphatic heterocycles. The van der Waals surface area contributed by atoms with E-state index in [2.05, 4.69) is 96.1 Å². The first-order valence-corrected chi connectivity index (χ1v) is 33.5. The Hall–Kier alpha value is -5.37. The highest BCUT2D eigenvalue weighted by molar-refractivity contribution is 8.00. The number of fused-ring (bicyclic) bond motifs is 1. The normalized spacial score (nSPS) is 44.8. The number of hydrogen-bond donors (Lipinski definition) is 0. The van der Waals surface area contributed by atoms with Gasteiger partial charge in [0, 0.05) is 10.3 Å². The van der Waals surface area contributed by atoms with E-state index in [0.717, 1.165) is 5.92 Å². The van der Waals surface area contributed by atoms with E-state index in [1.807, 2.05) is 180 Å². The molecule has 1 heteroatoms. The quantitative estimate of drug-likeness (QED) is 0.143. The maximum Gasteiger partial charge on any atom is 0.0645 e. The van der Waals surface area contributed by atoms with Crippen LogP contribution in [0.1, 0.15) is 294 Å². The fourth-order valence-electron chi connectivity index (χ4n) is 34.0. The molecule has 0 nitrogen and oxygen atoms in total. The monoisotopic (exact) mass is 1000 g/mol. The van der Waals surface area contributed by atoms with Gasteiger partial charge in [0.2, 0.25) is 0 Å². The van der Waals surface area contributed by atoms with Gasteiger partial charge in [0.1, 0.15) is 0 Å². The lowest BCUT2D eigenvalue weighted by molar-refractivity contribution is 0.0341. The fraction of sp³-hybridized carbons (Fsp3) is 0.429. The van der Waals surface area contributed by atoms with Crippen molar-refractivity contribution >= 4 is 97.9 Å². The Labute approximate surface area is 451 Å². The summed E-state index contributed by atoms with van der Waals surface area (Å²) >= 11 is 2.68. The van der Waals surface area contributed by atoms with E-state index in [9.17, 15) is 0 Å². The predicted octanol–water partition coefficient (Wildman–Crippen LogP) is 18.4. The molecule has 11 aromatic rings. The molecular weight excluding hydrogens is 957 g/mol. The highest BCUT2D eigenvalue weighted by Gasteiger charge is 2.90. The zero-order valence-electron chi connectivity index (χ0n) is 43.8. The zero-order valence-corrected chi connectivity index (χ0v) is 44.6. The van der Waals surface area contributed by atoms with Crippen LogP contribution in [-0.4, -0.2) is 0 Å². The Morgan fingerprint density at radius 1 is 0.397 bits per heavy atom. The molecule has 360 valence electrons. The number of benzene rings is 10. The first-order chi connectivity index (χ1) is 38.6. The highest BCUT2D eigenvalue weighted by Crippen LogP contribution is 3.01. The Balaban J connectivity index is 0.920. The van der Waals surface area contributed by atoms with Gasteiger partial charge in [-0.05, 0) is 362 Å². The molecule has 78 heavy (non-hydrogen) atoms. The summed E-state index contributed by atoms with van der Waals surface area (Å²) < 4.78 is 0.0392. The molecule has 0 aromatic heterocycles. The Morgan fingerprint density at radius 2 is 0.756 bits per heavy atom. The maximum absolute atomic E-state index is 2.99. The van der Waals surface area contributed by atoms with Gasteiger partial charge in [0.15, 0.2) is 0 Å². The SMILES string of the molecule is CCCCC(CC)Cc1ccc2c(c1C(C)C)SC13c4c5c6c7c8c9c%10c%11c%12c%13c%14c%15c(c%16c%13c%10c7c4-%16)C21C1C%15C2c4c7c%10c%13c%15c%16c%17c%18c%19c%20c%21c%22c%23c(c4c4c%22c%19c%16c%104)C2C%14C%12C%23C%21C%11C9C%20C%18C8C6C%17C%15C5C3C%13C71. The third-order valence-electron chi connectivity index (χ3n) is 33.1. The average molecular weight is 1000 g/mol. The van der Waals surface area contributed by atoms with Gasteiger partial charge < -0.3 is 0 Å². The lowest BCUT2D eigenvalue weighted by Gasteiger charge is -2.65. The Bertz CT molecular complexity index is 5700. The topological polar surface area (TPSA) is 0 Å². The summed E-state index contributed by atoms with van der Waals surface area (Å²) in [6, 6.07) is 5.86. The molecule has 0 saturated heterocycles. The first-order valence-electron chi connectivity index (χ1n) is 32.7. The molecular formula is C77H46S. The van der Waals surface area contributed by atoms with Gasteiger partial charge in [0.05, 0.1) is 4.75 Å². The van der Waals surface area contributed by atoms with E-state index in [4.69, 9.17) is 0 Å². The molecule has 22 aliphatic carbocycles. The van der Waals surface area contributed by atoms with Gasteiger partial charge in [-0.3, -0.25) is 0 Å². The van der Waals surface area contributed by atoms with E-state index in [1.165, 1.54) is 32.1 Å². The van der Waals surface area contributed by atoms with Crippen molar-refractivity contribution in [2.45, 2.75) is 187 Å². The molecule has 23 aliphatic rings. The summed E-state index contributed by atoms with van der Waals surface area (Å²) in [6.45, 7) is 10.3. The molecule has 1 heterocycles. The van der Waals surface area contributed by atoms with Gasteiger partial charge in [-0.1, -0.05) is 65.5 Å². The molecule has 23 unspecified atom stereocenters. The number of thioether (sulfide) groups is 1. The molecule has 0 radical (unpaired) electrons. The fourth-order valence-corrected chi connectivity index (χ4v) is 36.4. The van der Waals surface area contributed by atoms with Crippen molar-refractivity contribution < 1.29 is 0 Å². The smallest absolute Gasteiger partial charge is 0.0645 e. The average Bonchev–Trinajstić information content (AvgIpc) is 1.54. The molecule has 0 bridgehead atoms. The summed E-state index contributed by atoms with van der Waals surface area (Å²) in [4.78, 5) is 1.86. The summed E-state index contributed by atoms with van der Waals surface area (Å²) in [5, 5.41) is 30.9. The van der Waals surface area contributed by atoms with E-state index >= 15 is 0 Å².